The summed E-state index contributed by atoms with van der Waals surface area (Å²) < 4.78 is 50.1. The molecule has 0 radical (unpaired) electrons. The van der Waals surface area contributed by atoms with Gasteiger partial charge in [0.05, 0.1) is 5.02 Å². The molecule has 0 spiro atoms. The van der Waals surface area contributed by atoms with Gasteiger partial charge in [-0.2, -0.15) is 0 Å². The van der Waals surface area contributed by atoms with Crippen LogP contribution in [0.2, 0.25) is 5.02 Å². The molecule has 0 bridgehead atoms. The van der Waals surface area contributed by atoms with E-state index in [9.17, 15) is 17.6 Å². The Balaban J connectivity index is 0.00000225. The minimum atomic E-state index is -2.70. The Hall–Kier alpha value is -0.520. The van der Waals surface area contributed by atoms with E-state index < -0.39 is 41.1 Å². The maximum atomic E-state index is 13.2. The largest absolute Gasteiger partial charge is 0.324 e. The van der Waals surface area contributed by atoms with Crippen LogP contribution in [-0.2, 0) is 0 Å². The van der Waals surface area contributed by atoms with Crippen molar-refractivity contribution >= 4 is 24.0 Å². The first-order valence-corrected chi connectivity index (χ1v) is 4.48. The Morgan fingerprint density at radius 3 is 2.19 bits per heavy atom. The second-order valence-electron chi connectivity index (χ2n) is 2.99. The van der Waals surface area contributed by atoms with Crippen molar-refractivity contribution < 1.29 is 17.6 Å². The second kappa shape index (κ2) is 6.27. The molecule has 92 valence electrons. The molecule has 16 heavy (non-hydrogen) atoms. The van der Waals surface area contributed by atoms with Gasteiger partial charge in [0.15, 0.2) is 0 Å². The lowest BCUT2D eigenvalue weighted by atomic mass is 10.0. The molecule has 0 aliphatic rings. The van der Waals surface area contributed by atoms with Crippen LogP contribution in [0.5, 0.6) is 0 Å². The van der Waals surface area contributed by atoms with E-state index in [4.69, 9.17) is 17.3 Å². The van der Waals surface area contributed by atoms with Crippen LogP contribution in [0.3, 0.4) is 0 Å². The highest BCUT2D eigenvalue weighted by Crippen LogP contribution is 2.30. The van der Waals surface area contributed by atoms with Crippen LogP contribution >= 0.6 is 24.0 Å². The maximum Gasteiger partial charge on any atom is 0.240 e. The molecule has 0 saturated heterocycles. The van der Waals surface area contributed by atoms with Gasteiger partial charge in [0.1, 0.15) is 11.6 Å². The van der Waals surface area contributed by atoms with Crippen molar-refractivity contribution in [1.29, 1.82) is 0 Å². The van der Waals surface area contributed by atoms with Crippen molar-refractivity contribution in [1.82, 2.24) is 0 Å². The summed E-state index contributed by atoms with van der Waals surface area (Å²) in [5, 5.41) is -0.539. The van der Waals surface area contributed by atoms with Crippen molar-refractivity contribution in [2.45, 2.75) is 18.9 Å². The summed E-state index contributed by atoms with van der Waals surface area (Å²) in [4.78, 5) is 0. The van der Waals surface area contributed by atoms with Crippen LogP contribution in [0.1, 0.15) is 18.0 Å². The van der Waals surface area contributed by atoms with Crippen molar-refractivity contribution in [3.63, 3.8) is 0 Å². The quantitative estimate of drug-likeness (QED) is 0.662. The smallest absolute Gasteiger partial charge is 0.240 e. The summed E-state index contributed by atoms with van der Waals surface area (Å²) in [5.74, 6) is -1.76. The zero-order valence-electron chi connectivity index (χ0n) is 7.89. The van der Waals surface area contributed by atoms with Crippen LogP contribution in [0, 0.1) is 11.6 Å². The van der Waals surface area contributed by atoms with Crippen molar-refractivity contribution in [3.05, 3.63) is 34.4 Å². The molecule has 1 aromatic carbocycles. The van der Waals surface area contributed by atoms with Crippen LogP contribution < -0.4 is 5.73 Å². The fourth-order valence-corrected chi connectivity index (χ4v) is 1.49. The van der Waals surface area contributed by atoms with E-state index in [1.54, 1.807) is 0 Å². The fourth-order valence-electron chi connectivity index (χ4n) is 1.19. The average molecular weight is 278 g/mol. The number of benzene rings is 1. The lowest BCUT2D eigenvalue weighted by Gasteiger charge is -2.14. The Bertz CT molecular complexity index is 360. The molecule has 0 unspecified atom stereocenters. The van der Waals surface area contributed by atoms with Gasteiger partial charge in [-0.3, -0.25) is 0 Å². The topological polar surface area (TPSA) is 26.0 Å². The predicted molar refractivity (Wildman–Crippen MR) is 56.2 cm³/mol. The molecule has 1 rings (SSSR count). The van der Waals surface area contributed by atoms with Crippen LogP contribution in [0.15, 0.2) is 12.1 Å². The minimum absolute atomic E-state index is 0. The molecule has 1 atom stereocenters. The first-order chi connectivity index (χ1) is 6.93. The van der Waals surface area contributed by atoms with E-state index in [-0.39, 0.29) is 12.4 Å². The summed E-state index contributed by atoms with van der Waals surface area (Å²) in [7, 11) is 0. The zero-order chi connectivity index (χ0) is 11.6. The normalized spacial score (nSPS) is 12.4. The van der Waals surface area contributed by atoms with Gasteiger partial charge in [0.2, 0.25) is 6.43 Å². The predicted octanol–water partition coefficient (Wildman–Crippen LogP) is 3.70. The summed E-state index contributed by atoms with van der Waals surface area (Å²) in [6.45, 7) is 0. The summed E-state index contributed by atoms with van der Waals surface area (Å²) in [5.41, 5.74) is 4.89. The maximum absolute atomic E-state index is 13.2. The van der Waals surface area contributed by atoms with Gasteiger partial charge in [-0.25, -0.2) is 17.6 Å². The van der Waals surface area contributed by atoms with Gasteiger partial charge in [0, 0.05) is 18.0 Å². The average Bonchev–Trinajstić information content (AvgIpc) is 2.11. The van der Waals surface area contributed by atoms with Crippen LogP contribution in [-0.4, -0.2) is 6.43 Å². The van der Waals surface area contributed by atoms with E-state index in [1.165, 1.54) is 0 Å². The number of rotatable bonds is 3. The van der Waals surface area contributed by atoms with Gasteiger partial charge in [-0.1, -0.05) is 11.6 Å². The third kappa shape index (κ3) is 3.50. The zero-order valence-corrected chi connectivity index (χ0v) is 9.46. The minimum Gasteiger partial charge on any atom is -0.324 e. The molecule has 7 heteroatoms. The molecule has 0 aromatic heterocycles. The molecule has 2 N–H and O–H groups in total. The SMILES string of the molecule is Cl.N[C@@H](CC(F)F)c1c(F)ccc(F)c1Cl. The Morgan fingerprint density at radius 2 is 1.69 bits per heavy atom. The lowest BCUT2D eigenvalue weighted by molar-refractivity contribution is 0.128. The van der Waals surface area contributed by atoms with Crippen molar-refractivity contribution in [2.24, 2.45) is 5.73 Å². The summed E-state index contributed by atoms with van der Waals surface area (Å²) in [6, 6.07) is 0.311. The van der Waals surface area contributed by atoms with Crippen molar-refractivity contribution in [2.75, 3.05) is 0 Å². The molecular formula is C9H9Cl2F4N. The highest BCUT2D eigenvalue weighted by atomic mass is 35.5. The van der Waals surface area contributed by atoms with E-state index in [0.717, 1.165) is 12.1 Å². The highest BCUT2D eigenvalue weighted by Gasteiger charge is 2.21. The number of hydrogen-bond acceptors (Lipinski definition) is 1. The third-order valence-corrected chi connectivity index (χ3v) is 2.27. The molecule has 0 aliphatic heterocycles. The molecule has 1 aromatic rings. The molecule has 0 saturated carbocycles. The van der Waals surface area contributed by atoms with Crippen molar-refractivity contribution in [3.8, 4) is 0 Å². The number of hydrogen-bond donors (Lipinski definition) is 1. The molecule has 0 fully saturated rings. The monoisotopic (exact) mass is 277 g/mol. The number of alkyl halides is 2. The van der Waals surface area contributed by atoms with E-state index in [1.807, 2.05) is 0 Å². The van der Waals surface area contributed by atoms with Gasteiger partial charge < -0.3 is 5.73 Å². The Morgan fingerprint density at radius 1 is 1.19 bits per heavy atom. The Labute approximate surface area is 101 Å². The van der Waals surface area contributed by atoms with E-state index in [2.05, 4.69) is 0 Å². The molecule has 0 aliphatic carbocycles. The fraction of sp³-hybridized carbons (Fsp3) is 0.333. The standard InChI is InChI=1S/C9H8ClF4N.ClH/c10-9-5(12)2-1-4(11)8(9)6(15)3-7(13)14;/h1-2,6-7H,3,15H2;1H/t6-;/m0./s1. The molecule has 0 heterocycles. The highest BCUT2D eigenvalue weighted by molar-refractivity contribution is 6.31. The van der Waals surface area contributed by atoms with Gasteiger partial charge >= 0.3 is 0 Å². The van der Waals surface area contributed by atoms with Gasteiger partial charge in [-0.05, 0) is 12.1 Å². The Kier molecular flexibility index (Phi) is 6.07. The van der Waals surface area contributed by atoms with Gasteiger partial charge in [-0.15, -0.1) is 12.4 Å². The van der Waals surface area contributed by atoms with E-state index >= 15 is 0 Å². The van der Waals surface area contributed by atoms with Crippen LogP contribution in [0.4, 0.5) is 17.6 Å². The first-order valence-electron chi connectivity index (χ1n) is 4.10. The molecular weight excluding hydrogens is 269 g/mol. The summed E-state index contributed by atoms with van der Waals surface area (Å²) >= 11 is 5.44. The first kappa shape index (κ1) is 15.5. The second-order valence-corrected chi connectivity index (χ2v) is 3.37. The third-order valence-electron chi connectivity index (χ3n) is 1.88. The van der Waals surface area contributed by atoms with Gasteiger partial charge in [0.25, 0.3) is 0 Å². The lowest BCUT2D eigenvalue weighted by Crippen LogP contribution is -2.16. The van der Waals surface area contributed by atoms with Crippen LogP contribution in [0.25, 0.3) is 0 Å². The molecule has 0 amide bonds. The van der Waals surface area contributed by atoms with E-state index in [0.29, 0.717) is 0 Å². The number of nitrogens with two attached hydrogens (primary N) is 1. The summed E-state index contributed by atoms with van der Waals surface area (Å²) in [6.07, 6.45) is -3.46. The molecule has 1 nitrogen and oxygen atoms in total. The number of halogens is 6.